The van der Waals surface area contributed by atoms with Gasteiger partial charge in [-0.25, -0.2) is 4.98 Å². The van der Waals surface area contributed by atoms with E-state index in [4.69, 9.17) is 10.5 Å². The number of aryl methyl sites for hydroxylation is 1. The Hall–Kier alpha value is -0.720. The third kappa shape index (κ3) is 2.69. The first-order valence-corrected chi connectivity index (χ1v) is 6.50. The summed E-state index contributed by atoms with van der Waals surface area (Å²) in [5, 5.41) is 1.00. The molecule has 1 aromatic rings. The third-order valence-corrected chi connectivity index (χ3v) is 3.42. The van der Waals surface area contributed by atoms with Crippen molar-refractivity contribution in [3.63, 3.8) is 0 Å². The van der Waals surface area contributed by atoms with E-state index in [0.29, 0.717) is 6.54 Å². The fraction of sp³-hybridized carbons (Fsp3) is 0.800. The lowest BCUT2D eigenvalue weighted by Gasteiger charge is -2.31. The number of morpholine rings is 1. The minimum Gasteiger partial charge on any atom is -0.373 e. The average Bonchev–Trinajstić information content (AvgIpc) is 2.78. The molecule has 0 amide bonds. The Morgan fingerprint density at radius 3 is 3.25 bits per heavy atom. The predicted molar refractivity (Wildman–Crippen MR) is 64.9 cm³/mol. The molecular formula is C10H18N4OS. The molecular weight excluding hydrogens is 224 g/mol. The van der Waals surface area contributed by atoms with Gasteiger partial charge in [-0.2, -0.15) is 4.37 Å². The van der Waals surface area contributed by atoms with Gasteiger partial charge in [0.2, 0.25) is 5.13 Å². The Balaban J connectivity index is 1.99. The third-order valence-electron chi connectivity index (χ3n) is 2.60. The molecule has 6 heteroatoms. The number of nitrogens with two attached hydrogens (primary N) is 1. The maximum atomic E-state index is 5.61. The molecule has 1 atom stereocenters. The highest BCUT2D eigenvalue weighted by Crippen LogP contribution is 2.20. The van der Waals surface area contributed by atoms with Crippen molar-refractivity contribution in [2.75, 3.05) is 31.1 Å². The van der Waals surface area contributed by atoms with Crippen LogP contribution in [-0.4, -0.2) is 41.7 Å². The minimum absolute atomic E-state index is 0.132. The molecule has 0 spiro atoms. The molecule has 1 aliphatic rings. The van der Waals surface area contributed by atoms with Gasteiger partial charge in [-0.1, -0.05) is 6.92 Å². The van der Waals surface area contributed by atoms with Gasteiger partial charge in [0.15, 0.2) is 0 Å². The Labute approximate surface area is 99.8 Å². The van der Waals surface area contributed by atoms with Gasteiger partial charge in [-0.15, -0.1) is 0 Å². The average molecular weight is 242 g/mol. The van der Waals surface area contributed by atoms with Gasteiger partial charge in [0.05, 0.1) is 12.7 Å². The van der Waals surface area contributed by atoms with Gasteiger partial charge >= 0.3 is 0 Å². The fourth-order valence-electron chi connectivity index (χ4n) is 1.73. The van der Waals surface area contributed by atoms with Crippen LogP contribution >= 0.6 is 11.5 Å². The lowest BCUT2D eigenvalue weighted by atomic mass is 10.3. The topological polar surface area (TPSA) is 64.3 Å². The van der Waals surface area contributed by atoms with E-state index in [-0.39, 0.29) is 6.10 Å². The van der Waals surface area contributed by atoms with Gasteiger partial charge in [0.25, 0.3) is 0 Å². The van der Waals surface area contributed by atoms with Crippen LogP contribution in [-0.2, 0) is 11.2 Å². The van der Waals surface area contributed by atoms with Crippen molar-refractivity contribution >= 4 is 16.7 Å². The molecule has 0 aromatic carbocycles. The predicted octanol–water partition coefficient (Wildman–Crippen LogP) is 0.654. The number of rotatable bonds is 4. The van der Waals surface area contributed by atoms with E-state index >= 15 is 0 Å². The fourth-order valence-corrected chi connectivity index (χ4v) is 2.48. The summed E-state index contributed by atoms with van der Waals surface area (Å²) in [4.78, 5) is 6.75. The van der Waals surface area contributed by atoms with E-state index in [1.54, 1.807) is 0 Å². The number of anilines is 1. The summed E-state index contributed by atoms with van der Waals surface area (Å²) in [6.45, 7) is 5.15. The molecule has 0 aliphatic carbocycles. The van der Waals surface area contributed by atoms with Gasteiger partial charge in [0.1, 0.15) is 5.82 Å². The molecule has 2 rings (SSSR count). The Kier molecular flexibility index (Phi) is 4.09. The highest BCUT2D eigenvalue weighted by molar-refractivity contribution is 7.09. The molecule has 1 aromatic heterocycles. The zero-order valence-corrected chi connectivity index (χ0v) is 10.4. The molecule has 5 nitrogen and oxygen atoms in total. The molecule has 1 unspecified atom stereocenters. The molecule has 0 radical (unpaired) electrons. The van der Waals surface area contributed by atoms with Crippen LogP contribution in [0.4, 0.5) is 5.13 Å². The first-order chi connectivity index (χ1) is 7.83. The lowest BCUT2D eigenvalue weighted by Crippen LogP contribution is -2.45. The molecule has 2 heterocycles. The number of hydrogen-bond acceptors (Lipinski definition) is 6. The molecule has 1 saturated heterocycles. The summed E-state index contributed by atoms with van der Waals surface area (Å²) in [6, 6.07) is 0. The maximum absolute atomic E-state index is 5.61. The number of aromatic nitrogens is 2. The molecule has 1 fully saturated rings. The van der Waals surface area contributed by atoms with Crippen molar-refractivity contribution in [1.82, 2.24) is 9.36 Å². The van der Waals surface area contributed by atoms with Crippen LogP contribution in [0.1, 0.15) is 19.2 Å². The molecule has 16 heavy (non-hydrogen) atoms. The van der Waals surface area contributed by atoms with Crippen molar-refractivity contribution in [2.45, 2.75) is 25.9 Å². The van der Waals surface area contributed by atoms with Crippen molar-refractivity contribution < 1.29 is 4.74 Å². The number of nitrogens with zero attached hydrogens (tertiary/aromatic N) is 3. The van der Waals surface area contributed by atoms with E-state index in [1.807, 2.05) is 0 Å². The quantitative estimate of drug-likeness (QED) is 0.840. The summed E-state index contributed by atoms with van der Waals surface area (Å²) in [6.07, 6.45) is 2.18. The standard InChI is InChI=1S/C10H18N4OS/c1-2-3-9-12-10(16-13-9)14-4-5-15-8(6-11)7-14/h8H,2-7,11H2,1H3. The van der Waals surface area contributed by atoms with Gasteiger partial charge in [0, 0.05) is 37.6 Å². The molecule has 0 saturated carbocycles. The van der Waals surface area contributed by atoms with E-state index < -0.39 is 0 Å². The second kappa shape index (κ2) is 5.56. The largest absolute Gasteiger partial charge is 0.373 e. The summed E-state index contributed by atoms with van der Waals surface area (Å²) < 4.78 is 9.87. The SMILES string of the molecule is CCCc1nsc(N2CCOC(CN)C2)n1. The van der Waals surface area contributed by atoms with Crippen molar-refractivity contribution in [3.8, 4) is 0 Å². The Bertz CT molecular complexity index is 330. The van der Waals surface area contributed by atoms with Crippen LogP contribution in [0, 0.1) is 0 Å². The zero-order valence-electron chi connectivity index (χ0n) is 9.56. The summed E-state index contributed by atoms with van der Waals surface area (Å²) in [5.74, 6) is 0.957. The first kappa shape index (κ1) is 11.8. The summed E-state index contributed by atoms with van der Waals surface area (Å²) in [7, 11) is 0. The van der Waals surface area contributed by atoms with E-state index in [1.165, 1.54) is 11.5 Å². The monoisotopic (exact) mass is 242 g/mol. The summed E-state index contributed by atoms with van der Waals surface area (Å²) in [5.41, 5.74) is 5.61. The highest BCUT2D eigenvalue weighted by Gasteiger charge is 2.21. The smallest absolute Gasteiger partial charge is 0.205 e. The Morgan fingerprint density at radius 2 is 2.50 bits per heavy atom. The van der Waals surface area contributed by atoms with Crippen LogP contribution in [0.15, 0.2) is 0 Å². The van der Waals surface area contributed by atoms with Crippen LogP contribution in [0.5, 0.6) is 0 Å². The van der Waals surface area contributed by atoms with Crippen molar-refractivity contribution in [1.29, 1.82) is 0 Å². The minimum atomic E-state index is 0.132. The van der Waals surface area contributed by atoms with E-state index in [9.17, 15) is 0 Å². The van der Waals surface area contributed by atoms with Crippen LogP contribution in [0.25, 0.3) is 0 Å². The summed E-state index contributed by atoms with van der Waals surface area (Å²) >= 11 is 1.48. The normalized spacial score (nSPS) is 21.4. The first-order valence-electron chi connectivity index (χ1n) is 5.72. The second-order valence-electron chi connectivity index (χ2n) is 3.92. The number of hydrogen-bond donors (Lipinski definition) is 1. The second-order valence-corrected chi connectivity index (χ2v) is 4.65. The number of ether oxygens (including phenoxy) is 1. The van der Waals surface area contributed by atoms with E-state index in [2.05, 4.69) is 21.2 Å². The van der Waals surface area contributed by atoms with Gasteiger partial charge in [-0.3, -0.25) is 0 Å². The molecule has 1 aliphatic heterocycles. The van der Waals surface area contributed by atoms with Gasteiger partial charge in [-0.05, 0) is 6.42 Å². The lowest BCUT2D eigenvalue weighted by molar-refractivity contribution is 0.0465. The van der Waals surface area contributed by atoms with Crippen LogP contribution in [0.2, 0.25) is 0 Å². The van der Waals surface area contributed by atoms with Crippen molar-refractivity contribution in [2.24, 2.45) is 5.73 Å². The van der Waals surface area contributed by atoms with Crippen LogP contribution in [0.3, 0.4) is 0 Å². The highest BCUT2D eigenvalue weighted by atomic mass is 32.1. The molecule has 90 valence electrons. The van der Waals surface area contributed by atoms with Crippen molar-refractivity contribution in [3.05, 3.63) is 5.82 Å². The molecule has 0 bridgehead atoms. The maximum Gasteiger partial charge on any atom is 0.205 e. The Morgan fingerprint density at radius 1 is 1.62 bits per heavy atom. The van der Waals surface area contributed by atoms with Crippen LogP contribution < -0.4 is 10.6 Å². The van der Waals surface area contributed by atoms with E-state index in [0.717, 1.165) is 43.5 Å². The molecule has 2 N–H and O–H groups in total. The zero-order chi connectivity index (χ0) is 11.4. The van der Waals surface area contributed by atoms with Gasteiger partial charge < -0.3 is 15.4 Å².